The number of hydrogen-bond acceptors (Lipinski definition) is 5. The number of ether oxygens (including phenoxy) is 2. The molecule has 0 saturated carbocycles. The molecule has 1 aromatic heterocycles. The van der Waals surface area contributed by atoms with Gasteiger partial charge < -0.3 is 13.9 Å². The predicted molar refractivity (Wildman–Crippen MR) is 97.3 cm³/mol. The zero-order chi connectivity index (χ0) is 18.4. The van der Waals surface area contributed by atoms with Crippen LogP contribution in [0.4, 0.5) is 0 Å². The Hall–Kier alpha value is -2.82. The quantitative estimate of drug-likeness (QED) is 0.411. The number of rotatable bonds is 8. The predicted octanol–water partition coefficient (Wildman–Crippen LogP) is 4.05. The molecule has 0 spiro atoms. The van der Waals surface area contributed by atoms with Crippen LogP contribution < -0.4 is 15.1 Å². The lowest BCUT2D eigenvalue weighted by Crippen LogP contribution is -2.01. The standard InChI is InChI=1S/C20H22O5/c1-13(2)16(21)8-5-14(3)11-12-24-17-9-6-15-7-10-18(22)25-19(15)20(17)23-4/h6-7,9-11H,1,5,8,12H2,2-4H3/b14-11+. The van der Waals surface area contributed by atoms with E-state index >= 15 is 0 Å². The molecule has 0 N–H and O–H groups in total. The second kappa shape index (κ2) is 8.33. The number of carbonyl (C=O) groups is 1. The van der Waals surface area contributed by atoms with Crippen molar-refractivity contribution in [2.24, 2.45) is 0 Å². The van der Waals surface area contributed by atoms with E-state index in [1.807, 2.05) is 13.0 Å². The minimum absolute atomic E-state index is 0.0693. The van der Waals surface area contributed by atoms with Gasteiger partial charge in [0.15, 0.2) is 17.1 Å². The number of allylic oxidation sites excluding steroid dienone is 2. The Morgan fingerprint density at radius 3 is 2.60 bits per heavy atom. The van der Waals surface area contributed by atoms with Crippen molar-refractivity contribution in [3.8, 4) is 11.5 Å². The molecule has 0 aliphatic rings. The highest BCUT2D eigenvalue weighted by molar-refractivity contribution is 5.94. The summed E-state index contributed by atoms with van der Waals surface area (Å²) in [6.07, 6.45) is 3.03. The fourth-order valence-electron chi connectivity index (χ4n) is 2.30. The normalized spacial score (nSPS) is 11.4. The van der Waals surface area contributed by atoms with E-state index < -0.39 is 5.63 Å². The van der Waals surface area contributed by atoms with Gasteiger partial charge in [0.2, 0.25) is 5.75 Å². The molecule has 1 aromatic carbocycles. The lowest BCUT2D eigenvalue weighted by molar-refractivity contribution is -0.115. The van der Waals surface area contributed by atoms with Gasteiger partial charge in [0.05, 0.1) is 7.11 Å². The van der Waals surface area contributed by atoms with Crippen molar-refractivity contribution in [2.45, 2.75) is 26.7 Å². The van der Waals surface area contributed by atoms with Crippen LogP contribution >= 0.6 is 0 Å². The van der Waals surface area contributed by atoms with Crippen LogP contribution in [0, 0.1) is 0 Å². The van der Waals surface area contributed by atoms with Gasteiger partial charge in [-0.1, -0.05) is 12.2 Å². The minimum Gasteiger partial charge on any atom is -0.490 e. The van der Waals surface area contributed by atoms with E-state index in [2.05, 4.69) is 6.58 Å². The first-order valence-electron chi connectivity index (χ1n) is 8.00. The topological polar surface area (TPSA) is 65.7 Å². The van der Waals surface area contributed by atoms with E-state index in [0.29, 0.717) is 42.1 Å². The zero-order valence-corrected chi connectivity index (χ0v) is 14.8. The molecule has 0 atom stereocenters. The molecule has 0 aliphatic carbocycles. The summed E-state index contributed by atoms with van der Waals surface area (Å²) in [6, 6.07) is 6.62. The molecule has 0 unspecified atom stereocenters. The summed E-state index contributed by atoms with van der Waals surface area (Å²) in [4.78, 5) is 23.0. The number of Topliss-reactive ketones (excluding diaryl/α,β-unsaturated/α-hetero) is 1. The smallest absolute Gasteiger partial charge is 0.336 e. The second-order valence-electron chi connectivity index (χ2n) is 5.83. The summed E-state index contributed by atoms with van der Waals surface area (Å²) < 4.78 is 16.3. The van der Waals surface area contributed by atoms with Crippen LogP contribution in [0.2, 0.25) is 0 Å². The summed E-state index contributed by atoms with van der Waals surface area (Å²) in [6.45, 7) is 7.64. The highest BCUT2D eigenvalue weighted by Gasteiger charge is 2.12. The molecule has 0 radical (unpaired) electrons. The number of ketones is 1. The van der Waals surface area contributed by atoms with Crippen molar-refractivity contribution in [1.29, 1.82) is 0 Å². The van der Waals surface area contributed by atoms with Crippen LogP contribution in [-0.4, -0.2) is 19.5 Å². The van der Waals surface area contributed by atoms with Gasteiger partial charge in [-0.3, -0.25) is 4.79 Å². The molecule has 0 aliphatic heterocycles. The van der Waals surface area contributed by atoms with E-state index in [1.165, 1.54) is 13.2 Å². The van der Waals surface area contributed by atoms with E-state index in [0.717, 1.165) is 11.0 Å². The highest BCUT2D eigenvalue weighted by Crippen LogP contribution is 2.34. The summed E-state index contributed by atoms with van der Waals surface area (Å²) in [5.74, 6) is 0.949. The fourth-order valence-corrected chi connectivity index (χ4v) is 2.30. The van der Waals surface area contributed by atoms with E-state index in [9.17, 15) is 9.59 Å². The van der Waals surface area contributed by atoms with Gasteiger partial charge in [0.25, 0.3) is 0 Å². The second-order valence-corrected chi connectivity index (χ2v) is 5.83. The summed E-state index contributed by atoms with van der Waals surface area (Å²) in [7, 11) is 1.50. The maximum Gasteiger partial charge on any atom is 0.336 e. The molecular formula is C20H22O5. The van der Waals surface area contributed by atoms with Crippen molar-refractivity contribution >= 4 is 16.8 Å². The molecule has 2 aromatic rings. The Bertz CT molecular complexity index is 873. The van der Waals surface area contributed by atoms with Crippen molar-refractivity contribution in [3.63, 3.8) is 0 Å². The SMILES string of the molecule is C=C(C)C(=O)CC/C(C)=C/COc1ccc2ccc(=O)oc2c1OC. The number of methoxy groups -OCH3 is 1. The lowest BCUT2D eigenvalue weighted by atomic mass is 10.1. The Morgan fingerprint density at radius 2 is 1.92 bits per heavy atom. The summed E-state index contributed by atoms with van der Waals surface area (Å²) >= 11 is 0. The monoisotopic (exact) mass is 342 g/mol. The number of fused-ring (bicyclic) bond motifs is 1. The number of carbonyl (C=O) groups excluding carboxylic acids is 1. The van der Waals surface area contributed by atoms with Crippen LogP contribution in [0.25, 0.3) is 11.0 Å². The van der Waals surface area contributed by atoms with Gasteiger partial charge in [0, 0.05) is 17.9 Å². The molecule has 1 heterocycles. The molecule has 0 bridgehead atoms. The lowest BCUT2D eigenvalue weighted by Gasteiger charge is -2.11. The molecule has 25 heavy (non-hydrogen) atoms. The minimum atomic E-state index is -0.444. The Kier molecular flexibility index (Phi) is 6.17. The molecular weight excluding hydrogens is 320 g/mol. The van der Waals surface area contributed by atoms with Gasteiger partial charge in [-0.05, 0) is 50.1 Å². The van der Waals surface area contributed by atoms with E-state index in [-0.39, 0.29) is 5.78 Å². The Labute approximate surface area is 146 Å². The van der Waals surface area contributed by atoms with Gasteiger partial charge >= 0.3 is 5.63 Å². The van der Waals surface area contributed by atoms with Crippen molar-refractivity contribution in [1.82, 2.24) is 0 Å². The van der Waals surface area contributed by atoms with Crippen molar-refractivity contribution in [3.05, 3.63) is 58.5 Å². The molecule has 5 heteroatoms. The first-order valence-corrected chi connectivity index (χ1v) is 8.00. The zero-order valence-electron chi connectivity index (χ0n) is 14.8. The molecule has 2 rings (SSSR count). The average molecular weight is 342 g/mol. The van der Waals surface area contributed by atoms with Gasteiger partial charge in [-0.2, -0.15) is 0 Å². The first-order chi connectivity index (χ1) is 11.9. The fraction of sp³-hybridized carbons (Fsp3) is 0.300. The van der Waals surface area contributed by atoms with E-state index in [4.69, 9.17) is 13.9 Å². The van der Waals surface area contributed by atoms with Crippen LogP contribution in [0.15, 0.2) is 57.3 Å². The van der Waals surface area contributed by atoms with Gasteiger partial charge in [0.1, 0.15) is 6.61 Å². The van der Waals surface area contributed by atoms with Gasteiger partial charge in [-0.25, -0.2) is 4.79 Å². The third-order valence-corrected chi connectivity index (χ3v) is 3.81. The molecule has 5 nitrogen and oxygen atoms in total. The summed E-state index contributed by atoms with van der Waals surface area (Å²) in [5.41, 5.74) is 1.55. The van der Waals surface area contributed by atoms with Crippen LogP contribution in [0.1, 0.15) is 26.7 Å². The van der Waals surface area contributed by atoms with Crippen LogP contribution in [-0.2, 0) is 4.79 Å². The van der Waals surface area contributed by atoms with Gasteiger partial charge in [-0.15, -0.1) is 0 Å². The molecule has 0 saturated heterocycles. The number of hydrogen-bond donors (Lipinski definition) is 0. The third kappa shape index (κ3) is 4.83. The van der Waals surface area contributed by atoms with Crippen LogP contribution in [0.5, 0.6) is 11.5 Å². The van der Waals surface area contributed by atoms with Crippen molar-refractivity contribution in [2.75, 3.05) is 13.7 Å². The molecule has 132 valence electrons. The summed E-state index contributed by atoms with van der Waals surface area (Å²) in [5, 5.41) is 0.758. The Balaban J connectivity index is 2.07. The molecule has 0 amide bonds. The maximum absolute atomic E-state index is 11.6. The Morgan fingerprint density at radius 1 is 1.20 bits per heavy atom. The number of benzene rings is 1. The van der Waals surface area contributed by atoms with E-state index in [1.54, 1.807) is 25.1 Å². The largest absolute Gasteiger partial charge is 0.490 e. The third-order valence-electron chi connectivity index (χ3n) is 3.81. The highest BCUT2D eigenvalue weighted by atomic mass is 16.5. The first kappa shape index (κ1) is 18.5. The average Bonchev–Trinajstić information content (AvgIpc) is 2.59. The maximum atomic E-state index is 11.6. The van der Waals surface area contributed by atoms with Crippen LogP contribution in [0.3, 0.4) is 0 Å². The van der Waals surface area contributed by atoms with Crippen molar-refractivity contribution < 1.29 is 18.7 Å². The molecule has 0 fully saturated rings.